The topological polar surface area (TPSA) is 19.0 Å². The van der Waals surface area contributed by atoms with Crippen LogP contribution in [-0.4, -0.2) is 74.9 Å². The first-order valence-corrected chi connectivity index (χ1v) is 9.32. The largest absolute Gasteiger partial charge is 0.381 e. The van der Waals surface area contributed by atoms with E-state index in [1.54, 1.807) is 12.1 Å². The zero-order valence-electron chi connectivity index (χ0n) is 14.4. The van der Waals surface area contributed by atoms with Crippen LogP contribution in [0.4, 0.5) is 10.1 Å². The second-order valence-corrected chi connectivity index (χ2v) is 7.43. The predicted molar refractivity (Wildman–Crippen MR) is 94.0 cm³/mol. The van der Waals surface area contributed by atoms with Crippen LogP contribution in [0.15, 0.2) is 24.3 Å². The summed E-state index contributed by atoms with van der Waals surface area (Å²) in [5.74, 6) is 0.687. The van der Waals surface area contributed by atoms with Gasteiger partial charge in [-0.3, -0.25) is 9.80 Å². The van der Waals surface area contributed by atoms with Crippen molar-refractivity contribution >= 4 is 5.69 Å². The summed E-state index contributed by atoms with van der Waals surface area (Å²) in [5, 5.41) is 0. The molecule has 1 aromatic carbocycles. The van der Waals surface area contributed by atoms with Crippen molar-refractivity contribution in [1.82, 2.24) is 9.80 Å². The van der Waals surface area contributed by atoms with Gasteiger partial charge in [-0.2, -0.15) is 0 Å². The molecule has 24 heavy (non-hydrogen) atoms. The lowest BCUT2D eigenvalue weighted by molar-refractivity contribution is -0.000764. The van der Waals surface area contributed by atoms with E-state index in [9.17, 15) is 4.39 Å². The highest BCUT2D eigenvalue weighted by molar-refractivity contribution is 5.46. The molecule has 3 aliphatic rings. The predicted octanol–water partition coefficient (Wildman–Crippen LogP) is 2.06. The van der Waals surface area contributed by atoms with Gasteiger partial charge in [0.1, 0.15) is 5.82 Å². The minimum atomic E-state index is -0.156. The normalized spacial score (nSPS) is 25.0. The van der Waals surface area contributed by atoms with Gasteiger partial charge in [0.05, 0.1) is 0 Å². The first kappa shape index (κ1) is 16.3. The Morgan fingerprint density at radius 3 is 2.29 bits per heavy atom. The quantitative estimate of drug-likeness (QED) is 0.839. The van der Waals surface area contributed by atoms with E-state index >= 15 is 0 Å². The van der Waals surface area contributed by atoms with Crippen LogP contribution in [0.5, 0.6) is 0 Å². The van der Waals surface area contributed by atoms with Gasteiger partial charge in [0.15, 0.2) is 0 Å². The molecule has 3 aliphatic heterocycles. The molecule has 0 amide bonds. The molecule has 5 heteroatoms. The average molecular weight is 333 g/mol. The maximum atomic E-state index is 13.0. The molecule has 0 spiro atoms. The van der Waals surface area contributed by atoms with Crippen molar-refractivity contribution in [3.05, 3.63) is 30.1 Å². The lowest BCUT2D eigenvalue weighted by atomic mass is 9.96. The van der Waals surface area contributed by atoms with Crippen molar-refractivity contribution in [1.29, 1.82) is 0 Å². The summed E-state index contributed by atoms with van der Waals surface area (Å²) in [6, 6.07) is 7.64. The first-order chi connectivity index (χ1) is 11.8. The van der Waals surface area contributed by atoms with E-state index in [-0.39, 0.29) is 5.82 Å². The van der Waals surface area contributed by atoms with E-state index in [0.717, 1.165) is 57.0 Å². The lowest BCUT2D eigenvalue weighted by Crippen LogP contribution is -2.63. The van der Waals surface area contributed by atoms with Crippen LogP contribution in [0, 0.1) is 11.7 Å². The fourth-order valence-corrected chi connectivity index (χ4v) is 4.21. The van der Waals surface area contributed by atoms with Crippen molar-refractivity contribution < 1.29 is 9.13 Å². The fourth-order valence-electron chi connectivity index (χ4n) is 4.21. The molecule has 3 fully saturated rings. The van der Waals surface area contributed by atoms with Gasteiger partial charge in [-0.25, -0.2) is 4.39 Å². The second-order valence-electron chi connectivity index (χ2n) is 7.43. The molecule has 0 aliphatic carbocycles. The first-order valence-electron chi connectivity index (χ1n) is 9.32. The Balaban J connectivity index is 1.19. The average Bonchev–Trinajstić information content (AvgIpc) is 2.60. The Kier molecular flexibility index (Phi) is 5.01. The monoisotopic (exact) mass is 333 g/mol. The number of piperazine rings is 1. The number of hydrogen-bond acceptors (Lipinski definition) is 4. The van der Waals surface area contributed by atoms with E-state index in [2.05, 4.69) is 14.7 Å². The molecule has 3 heterocycles. The van der Waals surface area contributed by atoms with Crippen LogP contribution in [0.1, 0.15) is 12.8 Å². The highest BCUT2D eigenvalue weighted by atomic mass is 19.1. The van der Waals surface area contributed by atoms with Crippen molar-refractivity contribution in [3.63, 3.8) is 0 Å². The Morgan fingerprint density at radius 2 is 1.62 bits per heavy atom. The molecular formula is C19H28FN3O. The molecule has 0 atom stereocenters. The highest BCUT2D eigenvalue weighted by Crippen LogP contribution is 2.23. The molecule has 4 rings (SSSR count). The smallest absolute Gasteiger partial charge is 0.123 e. The molecule has 0 aromatic heterocycles. The minimum Gasteiger partial charge on any atom is -0.381 e. The summed E-state index contributed by atoms with van der Waals surface area (Å²) >= 11 is 0. The second kappa shape index (κ2) is 7.38. The Bertz CT molecular complexity index is 518. The number of rotatable bonds is 4. The SMILES string of the molecule is Fc1ccc(N2CCN(C3CN(CC4CCOCC4)C3)CC2)cc1. The molecule has 0 bridgehead atoms. The number of ether oxygens (including phenoxy) is 1. The third-order valence-corrected chi connectivity index (χ3v) is 5.82. The van der Waals surface area contributed by atoms with Crippen molar-refractivity contribution in [2.75, 3.05) is 63.9 Å². The van der Waals surface area contributed by atoms with Gasteiger partial charge in [-0.15, -0.1) is 0 Å². The van der Waals surface area contributed by atoms with E-state index in [0.29, 0.717) is 0 Å². The van der Waals surface area contributed by atoms with Gasteiger partial charge in [0.25, 0.3) is 0 Å². The van der Waals surface area contributed by atoms with Crippen LogP contribution in [-0.2, 0) is 4.74 Å². The van der Waals surface area contributed by atoms with Gasteiger partial charge in [0, 0.05) is 70.8 Å². The van der Waals surface area contributed by atoms with E-state index < -0.39 is 0 Å². The number of nitrogens with zero attached hydrogens (tertiary/aromatic N) is 3. The van der Waals surface area contributed by atoms with Crippen LogP contribution >= 0.6 is 0 Å². The van der Waals surface area contributed by atoms with Crippen molar-refractivity contribution in [2.45, 2.75) is 18.9 Å². The number of halogens is 1. The molecular weight excluding hydrogens is 305 g/mol. The molecule has 1 aromatic rings. The number of anilines is 1. The third-order valence-electron chi connectivity index (χ3n) is 5.82. The van der Waals surface area contributed by atoms with Gasteiger partial charge in [0.2, 0.25) is 0 Å². The van der Waals surface area contributed by atoms with Crippen LogP contribution in [0.2, 0.25) is 0 Å². The van der Waals surface area contributed by atoms with Gasteiger partial charge >= 0.3 is 0 Å². The van der Waals surface area contributed by atoms with Gasteiger partial charge in [-0.1, -0.05) is 0 Å². The summed E-state index contributed by atoms with van der Waals surface area (Å²) in [4.78, 5) is 7.63. The zero-order valence-corrected chi connectivity index (χ0v) is 14.4. The minimum absolute atomic E-state index is 0.156. The standard InChI is InChI=1S/C19H28FN3O/c20-17-1-3-18(4-2-17)22-7-9-23(10-8-22)19-14-21(15-19)13-16-5-11-24-12-6-16/h1-4,16,19H,5-15H2. The zero-order chi connectivity index (χ0) is 16.4. The molecule has 0 N–H and O–H groups in total. The highest BCUT2D eigenvalue weighted by Gasteiger charge is 2.34. The van der Waals surface area contributed by atoms with Crippen molar-refractivity contribution in [3.8, 4) is 0 Å². The summed E-state index contributed by atoms with van der Waals surface area (Å²) in [6.07, 6.45) is 2.47. The maximum Gasteiger partial charge on any atom is 0.123 e. The Morgan fingerprint density at radius 1 is 0.958 bits per heavy atom. The lowest BCUT2D eigenvalue weighted by Gasteiger charge is -2.49. The summed E-state index contributed by atoms with van der Waals surface area (Å²) < 4.78 is 18.5. The van der Waals surface area contributed by atoms with Gasteiger partial charge in [-0.05, 0) is 43.0 Å². The number of benzene rings is 1. The van der Waals surface area contributed by atoms with Gasteiger partial charge < -0.3 is 9.64 Å². The maximum absolute atomic E-state index is 13.0. The number of likely N-dealkylation sites (tertiary alicyclic amines) is 1. The van der Waals surface area contributed by atoms with E-state index in [4.69, 9.17) is 4.74 Å². The molecule has 4 nitrogen and oxygen atoms in total. The van der Waals surface area contributed by atoms with E-state index in [1.165, 1.54) is 32.5 Å². The number of hydrogen-bond donors (Lipinski definition) is 0. The Hall–Kier alpha value is -1.17. The summed E-state index contributed by atoms with van der Waals surface area (Å²) in [7, 11) is 0. The van der Waals surface area contributed by atoms with Crippen LogP contribution in [0.3, 0.4) is 0 Å². The fraction of sp³-hybridized carbons (Fsp3) is 0.684. The van der Waals surface area contributed by atoms with Crippen molar-refractivity contribution in [2.24, 2.45) is 5.92 Å². The molecule has 0 unspecified atom stereocenters. The molecule has 132 valence electrons. The Labute approximate surface area is 144 Å². The van der Waals surface area contributed by atoms with E-state index in [1.807, 2.05) is 12.1 Å². The van der Waals surface area contributed by atoms with Crippen LogP contribution < -0.4 is 4.90 Å². The molecule has 0 radical (unpaired) electrons. The molecule has 0 saturated carbocycles. The van der Waals surface area contributed by atoms with Crippen LogP contribution in [0.25, 0.3) is 0 Å². The third kappa shape index (κ3) is 3.73. The summed E-state index contributed by atoms with van der Waals surface area (Å²) in [5.41, 5.74) is 1.14. The summed E-state index contributed by atoms with van der Waals surface area (Å²) in [6.45, 7) is 9.95. The molecule has 3 saturated heterocycles.